The molecule has 0 aromatic carbocycles. The lowest BCUT2D eigenvalue weighted by Gasteiger charge is -2.46. The van der Waals surface area contributed by atoms with E-state index in [0.717, 1.165) is 24.9 Å². The van der Waals surface area contributed by atoms with Gasteiger partial charge >= 0.3 is 0 Å². The van der Waals surface area contributed by atoms with Gasteiger partial charge in [0.05, 0.1) is 19.8 Å². The highest BCUT2D eigenvalue weighted by Gasteiger charge is 2.39. The monoisotopic (exact) mass is 253 g/mol. The summed E-state index contributed by atoms with van der Waals surface area (Å²) in [5.74, 6) is 1.76. The lowest BCUT2D eigenvalue weighted by atomic mass is 9.76. The van der Waals surface area contributed by atoms with Crippen molar-refractivity contribution >= 4 is 5.91 Å². The summed E-state index contributed by atoms with van der Waals surface area (Å²) in [6.45, 7) is 3.50. The van der Waals surface area contributed by atoms with E-state index in [0.29, 0.717) is 19.8 Å². The first-order chi connectivity index (χ1) is 8.84. The second-order valence-electron chi connectivity index (χ2n) is 5.84. The van der Waals surface area contributed by atoms with Gasteiger partial charge in [-0.1, -0.05) is 32.1 Å². The molecule has 3 aliphatic rings. The molecule has 1 unspecified atom stereocenters. The van der Waals surface area contributed by atoms with Crippen LogP contribution < -0.4 is 0 Å². The largest absolute Gasteiger partial charge is 0.376 e. The van der Waals surface area contributed by atoms with Gasteiger partial charge in [0.1, 0.15) is 0 Å². The van der Waals surface area contributed by atoms with Gasteiger partial charge in [-0.25, -0.2) is 0 Å². The highest BCUT2D eigenvalue weighted by Crippen LogP contribution is 2.35. The quantitative estimate of drug-likeness (QED) is 0.747. The fraction of sp³-hybridized carbons (Fsp3) is 0.929. The predicted octanol–water partition coefficient (Wildman–Crippen LogP) is 1.44. The molecule has 102 valence electrons. The van der Waals surface area contributed by atoms with Crippen molar-refractivity contribution in [1.82, 2.24) is 4.90 Å². The lowest BCUT2D eigenvalue weighted by Crippen LogP contribution is -2.57. The van der Waals surface area contributed by atoms with Crippen molar-refractivity contribution in [3.8, 4) is 0 Å². The summed E-state index contributed by atoms with van der Waals surface area (Å²) in [6.07, 6.45) is 6.57. The average molecular weight is 253 g/mol. The maximum atomic E-state index is 12.1. The first-order valence-electron chi connectivity index (χ1n) is 7.33. The fourth-order valence-corrected chi connectivity index (χ4v) is 3.43. The molecule has 0 spiro atoms. The molecular formula is C14H23NO3. The zero-order valence-electron chi connectivity index (χ0n) is 11.0. The molecule has 2 aliphatic heterocycles. The summed E-state index contributed by atoms with van der Waals surface area (Å²) < 4.78 is 10.8. The van der Waals surface area contributed by atoms with Gasteiger partial charge in [0.25, 0.3) is 5.91 Å². The van der Waals surface area contributed by atoms with Gasteiger partial charge in [-0.2, -0.15) is 0 Å². The maximum absolute atomic E-state index is 12.1. The molecule has 2 saturated heterocycles. The third-order valence-corrected chi connectivity index (χ3v) is 4.63. The maximum Gasteiger partial charge on any atom is 0.254 e. The second-order valence-corrected chi connectivity index (χ2v) is 5.84. The minimum Gasteiger partial charge on any atom is -0.376 e. The van der Waals surface area contributed by atoms with Crippen LogP contribution in [0, 0.1) is 11.8 Å². The molecule has 0 aromatic heterocycles. The summed E-state index contributed by atoms with van der Waals surface area (Å²) in [4.78, 5) is 14.1. The van der Waals surface area contributed by atoms with Gasteiger partial charge in [-0.15, -0.1) is 0 Å². The fourth-order valence-electron chi connectivity index (χ4n) is 3.43. The zero-order valence-corrected chi connectivity index (χ0v) is 11.0. The van der Waals surface area contributed by atoms with Gasteiger partial charge in [0.15, 0.2) is 6.10 Å². The van der Waals surface area contributed by atoms with Gasteiger partial charge in [-0.3, -0.25) is 4.79 Å². The lowest BCUT2D eigenvalue weighted by molar-refractivity contribution is -0.165. The van der Waals surface area contributed by atoms with Gasteiger partial charge in [-0.05, 0) is 11.8 Å². The number of ether oxygens (including phenoxy) is 2. The second kappa shape index (κ2) is 5.57. The predicted molar refractivity (Wildman–Crippen MR) is 67.2 cm³/mol. The SMILES string of the molecule is O=C(C1COCCO1)N1CC(C2CCCCC2)C1. The van der Waals surface area contributed by atoms with E-state index < -0.39 is 0 Å². The summed E-state index contributed by atoms with van der Waals surface area (Å²) in [5.41, 5.74) is 0. The Morgan fingerprint density at radius 1 is 1.00 bits per heavy atom. The van der Waals surface area contributed by atoms with Crippen LogP contribution in [0.2, 0.25) is 0 Å². The molecule has 0 bridgehead atoms. The Bertz CT molecular complexity index is 289. The number of carbonyl (C=O) groups excluding carboxylic acids is 1. The molecule has 0 radical (unpaired) electrons. The van der Waals surface area contributed by atoms with Crippen LogP contribution in [0.1, 0.15) is 32.1 Å². The van der Waals surface area contributed by atoms with Crippen LogP contribution in [0.4, 0.5) is 0 Å². The Morgan fingerprint density at radius 2 is 1.78 bits per heavy atom. The first kappa shape index (κ1) is 12.4. The van der Waals surface area contributed by atoms with Crippen LogP contribution in [0.5, 0.6) is 0 Å². The molecular weight excluding hydrogens is 230 g/mol. The van der Waals surface area contributed by atoms with Crippen molar-refractivity contribution < 1.29 is 14.3 Å². The van der Waals surface area contributed by atoms with E-state index in [9.17, 15) is 4.79 Å². The number of rotatable bonds is 2. The Hall–Kier alpha value is -0.610. The molecule has 1 aliphatic carbocycles. The summed E-state index contributed by atoms with van der Waals surface area (Å²) in [5, 5.41) is 0. The minimum absolute atomic E-state index is 0.141. The van der Waals surface area contributed by atoms with E-state index in [1.165, 1.54) is 32.1 Å². The van der Waals surface area contributed by atoms with Crippen molar-refractivity contribution in [3.05, 3.63) is 0 Å². The number of likely N-dealkylation sites (tertiary alicyclic amines) is 1. The van der Waals surface area contributed by atoms with Crippen LogP contribution in [0.15, 0.2) is 0 Å². The molecule has 3 rings (SSSR count). The molecule has 1 saturated carbocycles. The highest BCUT2D eigenvalue weighted by molar-refractivity contribution is 5.82. The van der Waals surface area contributed by atoms with Gasteiger partial charge in [0.2, 0.25) is 0 Å². The number of amides is 1. The van der Waals surface area contributed by atoms with E-state index in [4.69, 9.17) is 9.47 Å². The van der Waals surface area contributed by atoms with Crippen molar-refractivity contribution in [2.24, 2.45) is 11.8 Å². The molecule has 4 nitrogen and oxygen atoms in total. The van der Waals surface area contributed by atoms with Crippen LogP contribution in [-0.2, 0) is 14.3 Å². The third kappa shape index (κ3) is 2.54. The Morgan fingerprint density at radius 3 is 2.44 bits per heavy atom. The van der Waals surface area contributed by atoms with Crippen molar-refractivity contribution in [2.45, 2.75) is 38.2 Å². The van der Waals surface area contributed by atoms with E-state index in [1.54, 1.807) is 0 Å². The van der Waals surface area contributed by atoms with E-state index in [-0.39, 0.29) is 12.0 Å². The zero-order chi connectivity index (χ0) is 12.4. The smallest absolute Gasteiger partial charge is 0.254 e. The van der Waals surface area contributed by atoms with Crippen molar-refractivity contribution in [1.29, 1.82) is 0 Å². The van der Waals surface area contributed by atoms with E-state index in [2.05, 4.69) is 0 Å². The molecule has 4 heteroatoms. The van der Waals surface area contributed by atoms with Crippen LogP contribution in [0.3, 0.4) is 0 Å². The van der Waals surface area contributed by atoms with E-state index >= 15 is 0 Å². The van der Waals surface area contributed by atoms with Crippen LogP contribution in [0.25, 0.3) is 0 Å². The van der Waals surface area contributed by atoms with Gasteiger partial charge in [0, 0.05) is 13.1 Å². The molecule has 1 amide bonds. The summed E-state index contributed by atoms with van der Waals surface area (Å²) in [6, 6.07) is 0. The topological polar surface area (TPSA) is 38.8 Å². The van der Waals surface area contributed by atoms with E-state index in [1.807, 2.05) is 4.90 Å². The molecule has 2 heterocycles. The molecule has 3 fully saturated rings. The number of carbonyl (C=O) groups is 1. The minimum atomic E-state index is -0.342. The first-order valence-corrected chi connectivity index (χ1v) is 7.33. The van der Waals surface area contributed by atoms with Gasteiger partial charge < -0.3 is 14.4 Å². The van der Waals surface area contributed by atoms with Crippen molar-refractivity contribution in [2.75, 3.05) is 32.9 Å². The van der Waals surface area contributed by atoms with Crippen LogP contribution >= 0.6 is 0 Å². The number of hydrogen-bond acceptors (Lipinski definition) is 3. The molecule has 0 aromatic rings. The standard InChI is InChI=1S/C14H23NO3/c16-14(13-10-17-6-7-18-13)15-8-12(9-15)11-4-2-1-3-5-11/h11-13H,1-10H2. The van der Waals surface area contributed by atoms with Crippen molar-refractivity contribution in [3.63, 3.8) is 0 Å². The average Bonchev–Trinajstić information content (AvgIpc) is 2.39. The molecule has 1 atom stereocenters. The molecule has 0 N–H and O–H groups in total. The Kier molecular flexibility index (Phi) is 3.85. The Labute approximate surface area is 109 Å². The number of hydrogen-bond donors (Lipinski definition) is 0. The highest BCUT2D eigenvalue weighted by atomic mass is 16.6. The number of nitrogens with zero attached hydrogens (tertiary/aromatic N) is 1. The molecule has 18 heavy (non-hydrogen) atoms. The normalized spacial score (nSPS) is 31.1. The summed E-state index contributed by atoms with van der Waals surface area (Å²) >= 11 is 0. The third-order valence-electron chi connectivity index (χ3n) is 4.63. The Balaban J connectivity index is 1.44. The van der Waals surface area contributed by atoms with Crippen LogP contribution in [-0.4, -0.2) is 49.8 Å². The summed E-state index contributed by atoms with van der Waals surface area (Å²) in [7, 11) is 0.